The number of hydrogen-bond acceptors (Lipinski definition) is 5. The fraction of sp³-hybridized carbons (Fsp3) is 0.429. The van der Waals surface area contributed by atoms with Crippen LogP contribution in [0.15, 0.2) is 24.3 Å². The summed E-state index contributed by atoms with van der Waals surface area (Å²) in [6.07, 6.45) is 0. The van der Waals surface area contributed by atoms with E-state index in [-0.39, 0.29) is 5.97 Å². The van der Waals surface area contributed by atoms with Gasteiger partial charge in [-0.3, -0.25) is 0 Å². The van der Waals surface area contributed by atoms with Crippen LogP contribution in [0.1, 0.15) is 42.5 Å². The van der Waals surface area contributed by atoms with Crippen LogP contribution in [0.2, 0.25) is 0 Å². The molecule has 0 aliphatic heterocycles. The lowest BCUT2D eigenvalue weighted by molar-refractivity contribution is 0.00695. The van der Waals surface area contributed by atoms with Crippen LogP contribution in [0.4, 0.5) is 0 Å². The van der Waals surface area contributed by atoms with Crippen LogP contribution in [-0.4, -0.2) is 31.8 Å². The highest BCUT2D eigenvalue weighted by atomic mass is 16.6. The number of carbonyl (C=O) groups excluding carboxylic acids is 1. The van der Waals surface area contributed by atoms with Crippen LogP contribution >= 0.6 is 0 Å². The minimum Gasteiger partial charge on any atom is -0.456 e. The average molecular weight is 274 g/mol. The molecule has 0 unspecified atom stereocenters. The van der Waals surface area contributed by atoms with Crippen molar-refractivity contribution >= 4 is 5.97 Å². The van der Waals surface area contributed by atoms with Crippen molar-refractivity contribution < 1.29 is 9.53 Å². The van der Waals surface area contributed by atoms with E-state index in [9.17, 15) is 4.79 Å². The van der Waals surface area contributed by atoms with Gasteiger partial charge in [-0.25, -0.2) is 9.48 Å². The minimum absolute atomic E-state index is 0.317. The first kappa shape index (κ1) is 14.2. The third-order valence-corrected chi connectivity index (χ3v) is 2.63. The second-order valence-electron chi connectivity index (χ2n) is 5.58. The molecule has 0 saturated heterocycles. The summed E-state index contributed by atoms with van der Waals surface area (Å²) in [6.45, 7) is 7.96. The maximum absolute atomic E-state index is 11.9. The number of esters is 1. The molecule has 0 saturated carbocycles. The van der Waals surface area contributed by atoms with E-state index in [1.54, 1.807) is 16.8 Å². The Hall–Kier alpha value is -2.24. The van der Waals surface area contributed by atoms with E-state index in [0.29, 0.717) is 12.1 Å². The Morgan fingerprint density at radius 3 is 2.40 bits per heavy atom. The number of nitrogens with zero attached hydrogens (tertiary/aromatic N) is 4. The van der Waals surface area contributed by atoms with E-state index in [1.807, 2.05) is 39.8 Å². The van der Waals surface area contributed by atoms with Gasteiger partial charge in [-0.1, -0.05) is 12.1 Å². The van der Waals surface area contributed by atoms with Gasteiger partial charge >= 0.3 is 5.97 Å². The molecule has 2 rings (SSSR count). The van der Waals surface area contributed by atoms with Gasteiger partial charge in [-0.2, -0.15) is 0 Å². The molecule has 2 aromatic rings. The van der Waals surface area contributed by atoms with Gasteiger partial charge in [-0.05, 0) is 55.8 Å². The lowest BCUT2D eigenvalue weighted by atomic mass is 10.1. The summed E-state index contributed by atoms with van der Waals surface area (Å²) in [6, 6.07) is 7.26. The maximum atomic E-state index is 11.9. The SMILES string of the molecule is Cc1nnnn1Cc1ccc(C(=O)OC(C)(C)C)cc1. The standard InChI is InChI=1S/C14H18N4O2/c1-10-15-16-17-18(10)9-11-5-7-12(8-6-11)13(19)20-14(2,3)4/h5-8H,9H2,1-4H3. The number of aromatic nitrogens is 4. The van der Waals surface area contributed by atoms with E-state index in [1.165, 1.54) is 0 Å². The zero-order valence-corrected chi connectivity index (χ0v) is 12.1. The first-order valence-electron chi connectivity index (χ1n) is 6.40. The molecule has 0 N–H and O–H groups in total. The molecule has 6 heteroatoms. The molecule has 20 heavy (non-hydrogen) atoms. The Labute approximate surface area is 117 Å². The summed E-state index contributed by atoms with van der Waals surface area (Å²) in [5.74, 6) is 0.434. The fourth-order valence-corrected chi connectivity index (χ4v) is 1.65. The highest BCUT2D eigenvalue weighted by Gasteiger charge is 2.17. The van der Waals surface area contributed by atoms with Crippen molar-refractivity contribution in [2.24, 2.45) is 0 Å². The number of aryl methyl sites for hydroxylation is 1. The predicted molar refractivity (Wildman–Crippen MR) is 73.3 cm³/mol. The molecule has 0 amide bonds. The molecule has 0 spiro atoms. The first-order chi connectivity index (χ1) is 9.35. The van der Waals surface area contributed by atoms with Gasteiger partial charge in [0.05, 0.1) is 12.1 Å². The largest absolute Gasteiger partial charge is 0.456 e. The lowest BCUT2D eigenvalue weighted by Gasteiger charge is -2.19. The first-order valence-corrected chi connectivity index (χ1v) is 6.40. The summed E-state index contributed by atoms with van der Waals surface area (Å²) in [5.41, 5.74) is 1.07. The van der Waals surface area contributed by atoms with Crippen molar-refractivity contribution in [1.29, 1.82) is 0 Å². The average Bonchev–Trinajstić information content (AvgIpc) is 2.74. The zero-order chi connectivity index (χ0) is 14.8. The Morgan fingerprint density at radius 1 is 1.25 bits per heavy atom. The van der Waals surface area contributed by atoms with E-state index < -0.39 is 5.60 Å². The van der Waals surface area contributed by atoms with Gasteiger partial charge in [-0.15, -0.1) is 5.10 Å². The third-order valence-electron chi connectivity index (χ3n) is 2.63. The van der Waals surface area contributed by atoms with Crippen molar-refractivity contribution in [3.63, 3.8) is 0 Å². The predicted octanol–water partition coefficient (Wildman–Crippen LogP) is 1.99. The molecule has 0 bridgehead atoms. The van der Waals surface area contributed by atoms with Crippen LogP contribution < -0.4 is 0 Å². The molecule has 0 atom stereocenters. The minimum atomic E-state index is -0.487. The van der Waals surface area contributed by atoms with Crippen molar-refractivity contribution in [3.8, 4) is 0 Å². The Bertz CT molecular complexity index is 596. The fourth-order valence-electron chi connectivity index (χ4n) is 1.65. The number of ether oxygens (including phenoxy) is 1. The molecule has 6 nitrogen and oxygen atoms in total. The van der Waals surface area contributed by atoms with E-state index in [2.05, 4.69) is 15.5 Å². The quantitative estimate of drug-likeness (QED) is 0.800. The molecule has 1 aromatic heterocycles. The molecular formula is C14H18N4O2. The van der Waals surface area contributed by atoms with Gasteiger partial charge in [0, 0.05) is 0 Å². The lowest BCUT2D eigenvalue weighted by Crippen LogP contribution is -2.23. The molecule has 106 valence electrons. The summed E-state index contributed by atoms with van der Waals surface area (Å²) >= 11 is 0. The van der Waals surface area contributed by atoms with E-state index in [0.717, 1.165) is 11.4 Å². The topological polar surface area (TPSA) is 69.9 Å². The van der Waals surface area contributed by atoms with Gasteiger partial charge in [0.15, 0.2) is 0 Å². The second-order valence-corrected chi connectivity index (χ2v) is 5.58. The van der Waals surface area contributed by atoms with Crippen LogP contribution in [0, 0.1) is 6.92 Å². The van der Waals surface area contributed by atoms with Gasteiger partial charge in [0.1, 0.15) is 11.4 Å². The highest BCUT2D eigenvalue weighted by Crippen LogP contribution is 2.13. The van der Waals surface area contributed by atoms with Crippen molar-refractivity contribution in [3.05, 3.63) is 41.2 Å². The third kappa shape index (κ3) is 3.63. The van der Waals surface area contributed by atoms with Gasteiger partial charge < -0.3 is 4.74 Å². The smallest absolute Gasteiger partial charge is 0.338 e. The highest BCUT2D eigenvalue weighted by molar-refractivity contribution is 5.89. The summed E-state index contributed by atoms with van der Waals surface area (Å²) in [5, 5.41) is 11.3. The van der Waals surface area contributed by atoms with Gasteiger partial charge in [0.25, 0.3) is 0 Å². The van der Waals surface area contributed by atoms with Crippen molar-refractivity contribution in [1.82, 2.24) is 20.2 Å². The zero-order valence-electron chi connectivity index (χ0n) is 12.1. The molecular weight excluding hydrogens is 256 g/mol. The van der Waals surface area contributed by atoms with Crippen molar-refractivity contribution in [2.75, 3.05) is 0 Å². The van der Waals surface area contributed by atoms with Crippen LogP contribution in [-0.2, 0) is 11.3 Å². The Kier molecular flexibility index (Phi) is 3.83. The van der Waals surface area contributed by atoms with Crippen LogP contribution in [0.25, 0.3) is 0 Å². The second kappa shape index (κ2) is 5.40. The van der Waals surface area contributed by atoms with Gasteiger partial charge in [0.2, 0.25) is 0 Å². The molecule has 0 radical (unpaired) electrons. The Morgan fingerprint density at radius 2 is 1.90 bits per heavy atom. The Balaban J connectivity index is 2.07. The van der Waals surface area contributed by atoms with E-state index in [4.69, 9.17) is 4.74 Å². The summed E-state index contributed by atoms with van der Waals surface area (Å²) < 4.78 is 7.01. The normalized spacial score (nSPS) is 11.4. The monoisotopic (exact) mass is 274 g/mol. The number of tetrazole rings is 1. The number of rotatable bonds is 3. The number of benzene rings is 1. The molecule has 1 heterocycles. The molecule has 0 aliphatic rings. The summed E-state index contributed by atoms with van der Waals surface area (Å²) in [4.78, 5) is 11.9. The molecule has 1 aromatic carbocycles. The maximum Gasteiger partial charge on any atom is 0.338 e. The summed E-state index contributed by atoms with van der Waals surface area (Å²) in [7, 11) is 0. The number of hydrogen-bond donors (Lipinski definition) is 0. The molecule has 0 aliphatic carbocycles. The molecule has 0 fully saturated rings. The number of carbonyl (C=O) groups is 1. The van der Waals surface area contributed by atoms with Crippen molar-refractivity contribution in [2.45, 2.75) is 39.8 Å². The van der Waals surface area contributed by atoms with E-state index >= 15 is 0 Å². The van der Waals surface area contributed by atoms with Crippen LogP contribution in [0.3, 0.4) is 0 Å². The van der Waals surface area contributed by atoms with Crippen LogP contribution in [0.5, 0.6) is 0 Å².